The maximum atomic E-state index is 13.4. The minimum atomic E-state index is -0.946. The average Bonchev–Trinajstić information content (AvgIpc) is 3.33. The van der Waals surface area contributed by atoms with Gasteiger partial charge in [0.05, 0.1) is 10.2 Å². The molecule has 25 heavy (non-hydrogen) atoms. The second-order valence-corrected chi connectivity index (χ2v) is 7.11. The van der Waals surface area contributed by atoms with E-state index in [2.05, 4.69) is 15.5 Å². The molecule has 0 spiro atoms. The first-order chi connectivity index (χ1) is 11.9. The van der Waals surface area contributed by atoms with E-state index in [-0.39, 0.29) is 11.6 Å². The molecule has 1 N–H and O–H groups in total. The second kappa shape index (κ2) is 6.79. The Morgan fingerprint density at radius 1 is 1.48 bits per heavy atom. The molecule has 2 aromatic rings. The van der Waals surface area contributed by atoms with Crippen molar-refractivity contribution in [3.05, 3.63) is 40.0 Å². The summed E-state index contributed by atoms with van der Waals surface area (Å²) in [5.41, 5.74) is -0.507. The Kier molecular flexibility index (Phi) is 4.71. The number of aryl methyl sites for hydroxylation is 1. The van der Waals surface area contributed by atoms with Crippen molar-refractivity contribution in [2.45, 2.75) is 43.1 Å². The number of halogens is 1. The van der Waals surface area contributed by atoms with Gasteiger partial charge in [-0.3, -0.25) is 14.9 Å². The Bertz CT molecular complexity index is 837. The lowest BCUT2D eigenvalue weighted by molar-refractivity contribution is -0.387. The van der Waals surface area contributed by atoms with Crippen LogP contribution in [0.25, 0.3) is 0 Å². The number of nitro groups is 1. The first-order valence-corrected chi connectivity index (χ1v) is 8.57. The van der Waals surface area contributed by atoms with Crippen LogP contribution in [0.4, 0.5) is 15.8 Å². The van der Waals surface area contributed by atoms with Gasteiger partial charge in [0.25, 0.3) is 0 Å². The van der Waals surface area contributed by atoms with Crippen LogP contribution in [0.3, 0.4) is 0 Å². The molecule has 10 heteroatoms. The normalized spacial score (nSPS) is 15.0. The first kappa shape index (κ1) is 17.3. The van der Waals surface area contributed by atoms with Crippen molar-refractivity contribution in [2.75, 3.05) is 5.32 Å². The molecule has 0 bridgehead atoms. The van der Waals surface area contributed by atoms with Gasteiger partial charge >= 0.3 is 5.69 Å². The summed E-state index contributed by atoms with van der Waals surface area (Å²) in [4.78, 5) is 22.3. The molecular formula is C15H16FN5O3S. The van der Waals surface area contributed by atoms with Crippen LogP contribution in [-0.2, 0) is 4.79 Å². The molecule has 0 radical (unpaired) electrons. The highest BCUT2D eigenvalue weighted by Gasteiger charge is 2.30. The van der Waals surface area contributed by atoms with Crippen molar-refractivity contribution in [1.29, 1.82) is 0 Å². The summed E-state index contributed by atoms with van der Waals surface area (Å²) in [6.07, 6.45) is 2.15. The molecule has 1 aromatic heterocycles. The molecule has 0 saturated heterocycles. The van der Waals surface area contributed by atoms with E-state index in [4.69, 9.17) is 0 Å². The molecule has 1 aliphatic rings. The Labute approximate surface area is 147 Å². The van der Waals surface area contributed by atoms with Gasteiger partial charge in [-0.25, -0.2) is 0 Å². The summed E-state index contributed by atoms with van der Waals surface area (Å²) in [5, 5.41) is 21.7. The van der Waals surface area contributed by atoms with E-state index in [1.807, 2.05) is 11.5 Å². The third kappa shape index (κ3) is 3.78. The number of aromatic nitrogens is 3. The van der Waals surface area contributed by atoms with Crippen LogP contribution in [0.1, 0.15) is 31.6 Å². The quantitative estimate of drug-likeness (QED) is 0.479. The second-order valence-electron chi connectivity index (χ2n) is 5.80. The molecule has 1 aliphatic carbocycles. The SMILES string of the molecule is Cc1nnc(S[C@@H](C)C(=O)Nc2ccc(F)c([N+](=O)[O-])c2)n1C1CC1. The highest BCUT2D eigenvalue weighted by Crippen LogP contribution is 2.39. The van der Waals surface area contributed by atoms with Crippen LogP contribution in [-0.4, -0.2) is 30.8 Å². The molecule has 0 aliphatic heterocycles. The first-order valence-electron chi connectivity index (χ1n) is 7.69. The molecule has 1 aromatic carbocycles. The average molecular weight is 365 g/mol. The van der Waals surface area contributed by atoms with E-state index in [0.29, 0.717) is 11.2 Å². The minimum absolute atomic E-state index is 0.172. The summed E-state index contributed by atoms with van der Waals surface area (Å²) < 4.78 is 15.4. The number of carbonyl (C=O) groups is 1. The summed E-state index contributed by atoms with van der Waals surface area (Å²) in [6.45, 7) is 3.58. The van der Waals surface area contributed by atoms with Crippen molar-refractivity contribution in [2.24, 2.45) is 0 Å². The van der Waals surface area contributed by atoms with E-state index in [1.165, 1.54) is 17.8 Å². The number of benzene rings is 1. The fraction of sp³-hybridized carbons (Fsp3) is 0.400. The molecule has 3 rings (SSSR count). The lowest BCUT2D eigenvalue weighted by Crippen LogP contribution is -2.23. The van der Waals surface area contributed by atoms with Gasteiger partial charge in [-0.15, -0.1) is 10.2 Å². The predicted octanol–water partition coefficient (Wildman–Crippen LogP) is 3.09. The number of hydrogen-bond donors (Lipinski definition) is 1. The monoisotopic (exact) mass is 365 g/mol. The van der Waals surface area contributed by atoms with Crippen LogP contribution in [0, 0.1) is 22.9 Å². The van der Waals surface area contributed by atoms with E-state index < -0.39 is 21.7 Å². The highest BCUT2D eigenvalue weighted by atomic mass is 32.2. The number of rotatable bonds is 6. The van der Waals surface area contributed by atoms with Gasteiger partial charge < -0.3 is 9.88 Å². The summed E-state index contributed by atoms with van der Waals surface area (Å²) >= 11 is 1.27. The van der Waals surface area contributed by atoms with E-state index in [9.17, 15) is 19.3 Å². The highest BCUT2D eigenvalue weighted by molar-refractivity contribution is 8.00. The van der Waals surface area contributed by atoms with E-state index >= 15 is 0 Å². The van der Waals surface area contributed by atoms with Crippen LogP contribution < -0.4 is 5.32 Å². The zero-order valence-electron chi connectivity index (χ0n) is 13.6. The minimum Gasteiger partial charge on any atom is -0.325 e. The number of nitrogens with zero attached hydrogens (tertiary/aromatic N) is 4. The van der Waals surface area contributed by atoms with Gasteiger partial charge in [-0.2, -0.15) is 4.39 Å². The molecule has 1 fully saturated rings. The molecular weight excluding hydrogens is 349 g/mol. The van der Waals surface area contributed by atoms with Gasteiger partial charge in [0.2, 0.25) is 11.7 Å². The molecule has 132 valence electrons. The molecule has 0 unspecified atom stereocenters. The number of thioether (sulfide) groups is 1. The van der Waals surface area contributed by atoms with Crippen LogP contribution in [0.2, 0.25) is 0 Å². The summed E-state index contributed by atoms with van der Waals surface area (Å²) in [7, 11) is 0. The number of anilines is 1. The Hall–Kier alpha value is -2.49. The molecule has 1 amide bonds. The number of amides is 1. The fourth-order valence-corrected chi connectivity index (χ4v) is 3.33. The Morgan fingerprint density at radius 3 is 2.84 bits per heavy atom. The molecule has 1 atom stereocenters. The van der Waals surface area contributed by atoms with Crippen molar-refractivity contribution in [3.8, 4) is 0 Å². The Morgan fingerprint density at radius 2 is 2.20 bits per heavy atom. The van der Waals surface area contributed by atoms with E-state index in [0.717, 1.165) is 30.8 Å². The number of nitro benzene ring substituents is 1. The lowest BCUT2D eigenvalue weighted by atomic mass is 10.2. The number of hydrogen-bond acceptors (Lipinski definition) is 6. The maximum Gasteiger partial charge on any atom is 0.306 e. The zero-order valence-corrected chi connectivity index (χ0v) is 14.4. The van der Waals surface area contributed by atoms with Crippen molar-refractivity contribution in [1.82, 2.24) is 14.8 Å². The fourth-order valence-electron chi connectivity index (χ4n) is 2.37. The summed E-state index contributed by atoms with van der Waals surface area (Å²) in [6, 6.07) is 3.64. The molecule has 1 saturated carbocycles. The van der Waals surface area contributed by atoms with Gasteiger partial charge in [0.1, 0.15) is 5.82 Å². The van der Waals surface area contributed by atoms with E-state index in [1.54, 1.807) is 6.92 Å². The largest absolute Gasteiger partial charge is 0.325 e. The van der Waals surface area contributed by atoms with Crippen LogP contribution in [0.5, 0.6) is 0 Å². The lowest BCUT2D eigenvalue weighted by Gasteiger charge is -2.12. The zero-order chi connectivity index (χ0) is 18.1. The molecule has 8 nitrogen and oxygen atoms in total. The van der Waals surface area contributed by atoms with Crippen molar-refractivity contribution >= 4 is 29.0 Å². The standard InChI is InChI=1S/C15H16FN5O3S/c1-8(25-15-19-18-9(2)20(15)11-4-5-11)14(22)17-10-3-6-12(16)13(7-10)21(23)24/h3,6-8,11H,4-5H2,1-2H3,(H,17,22)/t8-/m0/s1. The van der Waals surface area contributed by atoms with Gasteiger partial charge in [0, 0.05) is 17.8 Å². The number of nitrogens with one attached hydrogen (secondary N) is 1. The van der Waals surface area contributed by atoms with Crippen molar-refractivity contribution < 1.29 is 14.1 Å². The van der Waals surface area contributed by atoms with Gasteiger partial charge in [0.15, 0.2) is 5.16 Å². The maximum absolute atomic E-state index is 13.4. The third-order valence-corrected chi connectivity index (χ3v) is 4.87. The van der Waals surface area contributed by atoms with Gasteiger partial charge in [-0.05, 0) is 38.8 Å². The van der Waals surface area contributed by atoms with Crippen LogP contribution in [0.15, 0.2) is 23.4 Å². The predicted molar refractivity (Wildman–Crippen MR) is 90.0 cm³/mol. The van der Waals surface area contributed by atoms with Gasteiger partial charge in [-0.1, -0.05) is 11.8 Å². The van der Waals surface area contributed by atoms with Crippen LogP contribution >= 0.6 is 11.8 Å². The summed E-state index contributed by atoms with van der Waals surface area (Å²) in [5.74, 6) is -0.487. The third-order valence-electron chi connectivity index (χ3n) is 3.81. The smallest absolute Gasteiger partial charge is 0.306 e. The Balaban J connectivity index is 1.69. The van der Waals surface area contributed by atoms with Crippen molar-refractivity contribution in [3.63, 3.8) is 0 Å². The molecule has 1 heterocycles. The topological polar surface area (TPSA) is 103 Å². The number of carbonyl (C=O) groups excluding carboxylic acids is 1.